The average molecular weight is 624 g/mol. The minimum absolute atomic E-state index is 0.0394. The minimum atomic E-state index is -0.145. The molecule has 1 N–H and O–H groups in total. The van der Waals surface area contributed by atoms with Crippen LogP contribution in [-0.4, -0.2) is 34.6 Å². The number of halogens is 1. The van der Waals surface area contributed by atoms with E-state index in [1.807, 2.05) is 0 Å². The van der Waals surface area contributed by atoms with E-state index in [1.165, 1.54) is 43.9 Å². The number of esters is 1. The number of fused-ring (bicyclic) bond motifs is 7. The fourth-order valence-corrected chi connectivity index (χ4v) is 10.6. The molecule has 206 valence electrons. The quantitative estimate of drug-likeness (QED) is 0.159. The zero-order chi connectivity index (χ0) is 26.7. The number of amides is 1. The molecule has 5 nitrogen and oxygen atoms in total. The molecule has 1 heterocycles. The summed E-state index contributed by atoms with van der Waals surface area (Å²) in [5.74, 6) is 4.40. The Hall–Kier alpha value is -1.05. The Morgan fingerprint density at radius 3 is 2.65 bits per heavy atom. The summed E-state index contributed by atoms with van der Waals surface area (Å²) in [7, 11) is 0. The third-order valence-corrected chi connectivity index (χ3v) is 12.1. The molecule has 1 saturated heterocycles. The van der Waals surface area contributed by atoms with Gasteiger partial charge in [0.15, 0.2) is 0 Å². The lowest BCUT2D eigenvalue weighted by molar-refractivity contribution is -0.148. The molecule has 5 rings (SSSR count). The number of allylic oxidation sites excluding steroid dienone is 3. The molecule has 1 aliphatic heterocycles. The number of ether oxygens (including phenoxy) is 2. The van der Waals surface area contributed by atoms with Crippen molar-refractivity contribution in [2.75, 3.05) is 6.54 Å². The molecule has 3 saturated carbocycles. The van der Waals surface area contributed by atoms with Crippen molar-refractivity contribution in [3.63, 3.8) is 0 Å². The summed E-state index contributed by atoms with van der Waals surface area (Å²) in [5, 5.41) is 2.96. The van der Waals surface area contributed by atoms with Crippen LogP contribution in [0.3, 0.4) is 0 Å². The molecule has 0 unspecified atom stereocenters. The van der Waals surface area contributed by atoms with Crippen molar-refractivity contribution in [3.8, 4) is 0 Å². The molecule has 0 aromatic heterocycles. The van der Waals surface area contributed by atoms with Crippen molar-refractivity contribution in [1.82, 2.24) is 5.32 Å². The molecule has 10 atom stereocenters. The smallest absolute Gasteiger partial charge is 0.302 e. The summed E-state index contributed by atoms with van der Waals surface area (Å²) < 4.78 is 12.8. The molecule has 1 amide bonds. The normalized spacial score (nSPS) is 44.3. The molecule has 37 heavy (non-hydrogen) atoms. The van der Waals surface area contributed by atoms with Crippen LogP contribution in [0.5, 0.6) is 0 Å². The van der Waals surface area contributed by atoms with Crippen molar-refractivity contribution in [2.24, 2.45) is 40.4 Å². The molecular formula is C31H46INO4. The second-order valence-electron chi connectivity index (χ2n) is 13.4. The van der Waals surface area contributed by atoms with Gasteiger partial charge in [0, 0.05) is 42.6 Å². The second kappa shape index (κ2) is 10.2. The van der Waals surface area contributed by atoms with E-state index in [-0.39, 0.29) is 23.4 Å². The number of hydrogen-bond donors (Lipinski definition) is 1. The van der Waals surface area contributed by atoms with Gasteiger partial charge in [-0.1, -0.05) is 55.0 Å². The zero-order valence-corrected chi connectivity index (χ0v) is 25.7. The zero-order valence-electron chi connectivity index (χ0n) is 23.6. The summed E-state index contributed by atoms with van der Waals surface area (Å²) in [6.45, 7) is 13.6. The summed E-state index contributed by atoms with van der Waals surface area (Å²) in [6.07, 6.45) is 12.0. The maximum absolute atomic E-state index is 11.6. The molecule has 0 spiro atoms. The van der Waals surface area contributed by atoms with Crippen LogP contribution in [0.4, 0.5) is 0 Å². The average Bonchev–Trinajstić information content (AvgIpc) is 3.31. The first-order valence-electron chi connectivity index (χ1n) is 14.6. The lowest BCUT2D eigenvalue weighted by Crippen LogP contribution is -2.51. The molecule has 4 fully saturated rings. The predicted octanol–water partition coefficient (Wildman–Crippen LogP) is 6.75. The first kappa shape index (κ1) is 27.5. The van der Waals surface area contributed by atoms with Gasteiger partial charge in [-0.25, -0.2) is 0 Å². The van der Waals surface area contributed by atoms with Gasteiger partial charge >= 0.3 is 5.97 Å². The molecular weight excluding hydrogens is 577 g/mol. The van der Waals surface area contributed by atoms with Crippen LogP contribution in [0.15, 0.2) is 23.0 Å². The van der Waals surface area contributed by atoms with Crippen LogP contribution in [-0.2, 0) is 19.1 Å². The van der Waals surface area contributed by atoms with Gasteiger partial charge < -0.3 is 14.8 Å². The monoisotopic (exact) mass is 623 g/mol. The van der Waals surface area contributed by atoms with Crippen molar-refractivity contribution in [1.29, 1.82) is 0 Å². The highest BCUT2D eigenvalue weighted by Gasteiger charge is 2.65. The molecule has 0 aromatic rings. The van der Waals surface area contributed by atoms with Crippen molar-refractivity contribution in [3.05, 3.63) is 23.0 Å². The van der Waals surface area contributed by atoms with Gasteiger partial charge in [0.05, 0.1) is 5.76 Å². The maximum Gasteiger partial charge on any atom is 0.302 e. The van der Waals surface area contributed by atoms with Gasteiger partial charge in [-0.05, 0) is 86.0 Å². The molecule has 5 aliphatic rings. The van der Waals surface area contributed by atoms with Crippen LogP contribution < -0.4 is 5.32 Å². The standard InChI is InChI=1S/C31H46INO4/c1-17(13-22(32)16-33-19(3)34)29-18(2)28-27(37-29)15-26-24-8-7-21-14-23(36-20(4)35)9-11-30(21,5)25(24)10-12-31(26,28)6/h7,18,22-28H,8-16H2,1-6H3,(H,33,34)/b29-17-/t18-,22+,23+,24+,25+,26+,27+,28+,30-,31-/m0/s1. The van der Waals surface area contributed by atoms with E-state index in [0.29, 0.717) is 33.8 Å². The molecule has 6 heteroatoms. The molecule has 0 radical (unpaired) electrons. The summed E-state index contributed by atoms with van der Waals surface area (Å²) >= 11 is 2.46. The van der Waals surface area contributed by atoms with Crippen LogP contribution >= 0.6 is 22.6 Å². The number of hydrogen-bond acceptors (Lipinski definition) is 4. The van der Waals surface area contributed by atoms with Crippen LogP contribution in [0.25, 0.3) is 0 Å². The lowest BCUT2D eigenvalue weighted by Gasteiger charge is -2.58. The van der Waals surface area contributed by atoms with E-state index in [4.69, 9.17) is 9.47 Å². The van der Waals surface area contributed by atoms with Gasteiger partial charge in [0.2, 0.25) is 5.91 Å². The Kier molecular flexibility index (Phi) is 7.56. The molecule has 4 aliphatic carbocycles. The molecule has 0 aromatic carbocycles. The van der Waals surface area contributed by atoms with E-state index in [9.17, 15) is 9.59 Å². The topological polar surface area (TPSA) is 64.6 Å². The van der Waals surface area contributed by atoms with E-state index in [2.05, 4.69) is 61.7 Å². The highest BCUT2D eigenvalue weighted by atomic mass is 127. The summed E-state index contributed by atoms with van der Waals surface area (Å²) in [4.78, 5) is 22.9. The SMILES string of the molecule is CC(=O)NC[C@H](I)C/C(C)=C1\O[C@@H]2C[C@@H]3[C@@H]4CC=C5C[C@H](OC(C)=O)CC[C@]5(C)[C@@H]4CC[C@]3(C)[C@@H]2[C@@H]1C. The third-order valence-electron chi connectivity index (χ3n) is 11.2. The number of rotatable bonds is 5. The lowest BCUT2D eigenvalue weighted by atomic mass is 9.47. The predicted molar refractivity (Wildman–Crippen MR) is 154 cm³/mol. The van der Waals surface area contributed by atoms with Crippen LogP contribution in [0.1, 0.15) is 92.9 Å². The van der Waals surface area contributed by atoms with Gasteiger partial charge in [-0.15, -0.1) is 0 Å². The Labute approximate surface area is 237 Å². The first-order valence-corrected chi connectivity index (χ1v) is 15.8. The van der Waals surface area contributed by atoms with Crippen LogP contribution in [0.2, 0.25) is 0 Å². The first-order chi connectivity index (χ1) is 17.4. The Morgan fingerprint density at radius 2 is 1.95 bits per heavy atom. The van der Waals surface area contributed by atoms with E-state index < -0.39 is 0 Å². The van der Waals surface area contributed by atoms with E-state index >= 15 is 0 Å². The van der Waals surface area contributed by atoms with Crippen molar-refractivity contribution < 1.29 is 19.1 Å². The van der Waals surface area contributed by atoms with Gasteiger partial charge in [0.1, 0.15) is 12.2 Å². The minimum Gasteiger partial charge on any atom is -0.494 e. The Morgan fingerprint density at radius 1 is 1.19 bits per heavy atom. The Bertz CT molecular complexity index is 1010. The number of alkyl halides is 1. The Balaban J connectivity index is 1.31. The maximum atomic E-state index is 11.6. The van der Waals surface area contributed by atoms with E-state index in [1.54, 1.807) is 12.5 Å². The fourth-order valence-electron chi connectivity index (χ4n) is 9.69. The summed E-state index contributed by atoms with van der Waals surface area (Å²) in [6, 6.07) is 0. The van der Waals surface area contributed by atoms with Crippen molar-refractivity contribution in [2.45, 2.75) is 109 Å². The van der Waals surface area contributed by atoms with Crippen LogP contribution in [0, 0.1) is 40.4 Å². The molecule has 0 bridgehead atoms. The number of carbonyl (C=O) groups is 2. The van der Waals surface area contributed by atoms with Crippen molar-refractivity contribution >= 4 is 34.5 Å². The number of nitrogens with one attached hydrogen (secondary N) is 1. The van der Waals surface area contributed by atoms with Gasteiger partial charge in [-0.3, -0.25) is 9.59 Å². The van der Waals surface area contributed by atoms with Gasteiger partial charge in [-0.2, -0.15) is 0 Å². The summed E-state index contributed by atoms with van der Waals surface area (Å²) in [5.41, 5.74) is 3.52. The highest BCUT2D eigenvalue weighted by Crippen LogP contribution is 2.69. The highest BCUT2D eigenvalue weighted by molar-refractivity contribution is 14.1. The fraction of sp³-hybridized carbons (Fsp3) is 0.806. The largest absolute Gasteiger partial charge is 0.494 e. The third kappa shape index (κ3) is 4.80. The van der Waals surface area contributed by atoms with E-state index in [0.717, 1.165) is 43.4 Å². The second-order valence-corrected chi connectivity index (χ2v) is 15.1. The van der Waals surface area contributed by atoms with Gasteiger partial charge in [0.25, 0.3) is 0 Å². The number of carbonyl (C=O) groups excluding carboxylic acids is 2.